The summed E-state index contributed by atoms with van der Waals surface area (Å²) in [5.41, 5.74) is 6.29. The molecule has 4 nitrogen and oxygen atoms in total. The molecule has 0 atom stereocenters. The fourth-order valence-corrected chi connectivity index (χ4v) is 1.41. The molecule has 1 saturated carbocycles. The summed E-state index contributed by atoms with van der Waals surface area (Å²) in [6.07, 6.45) is 2.57. The number of ether oxygens (including phenoxy) is 3. The Labute approximate surface area is 95.3 Å². The zero-order valence-electron chi connectivity index (χ0n) is 9.44. The van der Waals surface area contributed by atoms with E-state index in [0.29, 0.717) is 17.2 Å². The lowest BCUT2D eigenvalue weighted by molar-refractivity contribution is 0.00867. The van der Waals surface area contributed by atoms with E-state index in [9.17, 15) is 0 Å². The van der Waals surface area contributed by atoms with E-state index in [-0.39, 0.29) is 6.79 Å². The quantitative estimate of drug-likeness (QED) is 0.455. The number of hydrogen-bond acceptors (Lipinski definition) is 4. The van der Waals surface area contributed by atoms with Gasteiger partial charge in [0.15, 0.2) is 18.3 Å². The highest BCUT2D eigenvalue weighted by Crippen LogP contribution is 2.30. The van der Waals surface area contributed by atoms with Crippen molar-refractivity contribution in [1.29, 1.82) is 0 Å². The summed E-state index contributed by atoms with van der Waals surface area (Å²) in [4.78, 5) is 0. The zero-order valence-corrected chi connectivity index (χ0v) is 9.44. The first kappa shape index (κ1) is 11.1. The molecule has 0 radical (unpaired) electrons. The number of methoxy groups -OCH3 is 1. The van der Waals surface area contributed by atoms with Gasteiger partial charge in [-0.05, 0) is 30.9 Å². The third-order valence-electron chi connectivity index (χ3n) is 2.54. The average molecular weight is 223 g/mol. The standard InChI is InChI=1S/C12H17NO3/c1-14-12-6-10(13)4-5-11(12)16-8-15-7-9-2-3-9/h4-6,9H,2-3,7-8,13H2,1H3. The van der Waals surface area contributed by atoms with E-state index in [1.165, 1.54) is 12.8 Å². The van der Waals surface area contributed by atoms with Crippen LogP contribution in [0.5, 0.6) is 11.5 Å². The molecule has 1 aromatic carbocycles. The predicted octanol–water partition coefficient (Wildman–Crippen LogP) is 2.04. The molecule has 0 aromatic heterocycles. The molecule has 2 N–H and O–H groups in total. The monoisotopic (exact) mass is 223 g/mol. The molecule has 1 aromatic rings. The van der Waals surface area contributed by atoms with Crippen molar-refractivity contribution in [3.05, 3.63) is 18.2 Å². The van der Waals surface area contributed by atoms with E-state index in [0.717, 1.165) is 12.5 Å². The minimum Gasteiger partial charge on any atom is -0.493 e. The van der Waals surface area contributed by atoms with Gasteiger partial charge >= 0.3 is 0 Å². The molecule has 4 heteroatoms. The lowest BCUT2D eigenvalue weighted by Crippen LogP contribution is -2.06. The Bertz CT molecular complexity index is 350. The van der Waals surface area contributed by atoms with Crippen molar-refractivity contribution in [2.24, 2.45) is 5.92 Å². The van der Waals surface area contributed by atoms with Crippen molar-refractivity contribution >= 4 is 5.69 Å². The number of rotatable bonds is 6. The maximum absolute atomic E-state index is 5.64. The smallest absolute Gasteiger partial charge is 0.189 e. The van der Waals surface area contributed by atoms with Crippen molar-refractivity contribution in [1.82, 2.24) is 0 Å². The van der Waals surface area contributed by atoms with Gasteiger partial charge in [-0.15, -0.1) is 0 Å². The number of nitrogen functional groups attached to an aromatic ring is 1. The SMILES string of the molecule is COc1cc(N)ccc1OCOCC1CC1. The second-order valence-electron chi connectivity index (χ2n) is 3.99. The predicted molar refractivity (Wildman–Crippen MR) is 61.6 cm³/mol. The first-order chi connectivity index (χ1) is 7.79. The molecule has 0 aliphatic heterocycles. The van der Waals surface area contributed by atoms with Crippen LogP contribution >= 0.6 is 0 Å². The molecule has 0 saturated heterocycles. The Kier molecular flexibility index (Phi) is 3.51. The highest BCUT2D eigenvalue weighted by Gasteiger charge is 2.21. The van der Waals surface area contributed by atoms with E-state index >= 15 is 0 Å². The molecule has 1 fully saturated rings. The fourth-order valence-electron chi connectivity index (χ4n) is 1.41. The van der Waals surface area contributed by atoms with Gasteiger partial charge in [0.2, 0.25) is 0 Å². The Morgan fingerprint density at radius 2 is 2.12 bits per heavy atom. The number of nitrogens with two attached hydrogens (primary N) is 1. The molecule has 0 bridgehead atoms. The van der Waals surface area contributed by atoms with E-state index in [1.54, 1.807) is 25.3 Å². The number of anilines is 1. The first-order valence-electron chi connectivity index (χ1n) is 5.43. The van der Waals surface area contributed by atoms with Crippen LogP contribution in [0.4, 0.5) is 5.69 Å². The largest absolute Gasteiger partial charge is 0.493 e. The van der Waals surface area contributed by atoms with Crippen molar-refractivity contribution < 1.29 is 14.2 Å². The molecule has 0 unspecified atom stereocenters. The van der Waals surface area contributed by atoms with E-state index in [4.69, 9.17) is 19.9 Å². The first-order valence-corrected chi connectivity index (χ1v) is 5.43. The van der Waals surface area contributed by atoms with Crippen LogP contribution in [0, 0.1) is 5.92 Å². The Morgan fingerprint density at radius 1 is 1.31 bits per heavy atom. The van der Waals surface area contributed by atoms with Gasteiger partial charge in [-0.3, -0.25) is 0 Å². The lowest BCUT2D eigenvalue weighted by atomic mass is 10.3. The fraction of sp³-hybridized carbons (Fsp3) is 0.500. The molecule has 16 heavy (non-hydrogen) atoms. The summed E-state index contributed by atoms with van der Waals surface area (Å²) in [6, 6.07) is 5.30. The lowest BCUT2D eigenvalue weighted by Gasteiger charge is -2.11. The van der Waals surface area contributed by atoms with Gasteiger partial charge in [-0.25, -0.2) is 0 Å². The second-order valence-corrected chi connectivity index (χ2v) is 3.99. The number of hydrogen-bond donors (Lipinski definition) is 1. The van der Waals surface area contributed by atoms with Gasteiger partial charge < -0.3 is 19.9 Å². The van der Waals surface area contributed by atoms with E-state index in [1.807, 2.05) is 0 Å². The molecule has 0 heterocycles. The van der Waals surface area contributed by atoms with Crippen molar-refractivity contribution in [3.8, 4) is 11.5 Å². The van der Waals surface area contributed by atoms with E-state index in [2.05, 4.69) is 0 Å². The van der Waals surface area contributed by atoms with Gasteiger partial charge in [-0.1, -0.05) is 0 Å². The molecular formula is C12H17NO3. The summed E-state index contributed by atoms with van der Waals surface area (Å²) in [7, 11) is 1.59. The molecule has 1 aliphatic carbocycles. The van der Waals surface area contributed by atoms with Crippen LogP contribution in [0.25, 0.3) is 0 Å². The summed E-state index contributed by atoms with van der Waals surface area (Å²) in [5.74, 6) is 2.04. The summed E-state index contributed by atoms with van der Waals surface area (Å²) >= 11 is 0. The topological polar surface area (TPSA) is 53.7 Å². The van der Waals surface area contributed by atoms with Crippen molar-refractivity contribution in [3.63, 3.8) is 0 Å². The van der Waals surface area contributed by atoms with Gasteiger partial charge in [0.25, 0.3) is 0 Å². The second kappa shape index (κ2) is 5.07. The summed E-state index contributed by atoms with van der Waals surface area (Å²) < 4.78 is 16.0. The van der Waals surface area contributed by atoms with Gasteiger partial charge in [-0.2, -0.15) is 0 Å². The minimum absolute atomic E-state index is 0.261. The van der Waals surface area contributed by atoms with Crippen LogP contribution in [-0.2, 0) is 4.74 Å². The molecular weight excluding hydrogens is 206 g/mol. The van der Waals surface area contributed by atoms with Crippen LogP contribution in [-0.4, -0.2) is 20.5 Å². The van der Waals surface area contributed by atoms with Crippen LogP contribution in [0.15, 0.2) is 18.2 Å². The van der Waals surface area contributed by atoms with Crippen LogP contribution in [0.1, 0.15) is 12.8 Å². The van der Waals surface area contributed by atoms with Gasteiger partial charge in [0.1, 0.15) is 0 Å². The average Bonchev–Trinajstić information content (AvgIpc) is 3.09. The molecule has 2 rings (SSSR count). The normalized spacial score (nSPS) is 14.8. The third kappa shape index (κ3) is 3.03. The Hall–Kier alpha value is -1.42. The molecule has 0 amide bonds. The molecule has 88 valence electrons. The van der Waals surface area contributed by atoms with Crippen LogP contribution in [0.2, 0.25) is 0 Å². The summed E-state index contributed by atoms with van der Waals surface area (Å²) in [6.45, 7) is 1.05. The Balaban J connectivity index is 1.82. The van der Waals surface area contributed by atoms with Crippen molar-refractivity contribution in [2.75, 3.05) is 26.2 Å². The highest BCUT2D eigenvalue weighted by atomic mass is 16.7. The maximum Gasteiger partial charge on any atom is 0.189 e. The van der Waals surface area contributed by atoms with Gasteiger partial charge in [0, 0.05) is 11.8 Å². The zero-order chi connectivity index (χ0) is 11.4. The number of benzene rings is 1. The molecule has 0 spiro atoms. The minimum atomic E-state index is 0.261. The van der Waals surface area contributed by atoms with Gasteiger partial charge in [0.05, 0.1) is 13.7 Å². The Morgan fingerprint density at radius 3 is 2.81 bits per heavy atom. The molecule has 1 aliphatic rings. The highest BCUT2D eigenvalue weighted by molar-refractivity contribution is 5.51. The van der Waals surface area contributed by atoms with Crippen molar-refractivity contribution in [2.45, 2.75) is 12.8 Å². The third-order valence-corrected chi connectivity index (χ3v) is 2.54. The summed E-state index contributed by atoms with van der Waals surface area (Å²) in [5, 5.41) is 0. The maximum atomic E-state index is 5.64. The van der Waals surface area contributed by atoms with Crippen LogP contribution in [0.3, 0.4) is 0 Å². The van der Waals surface area contributed by atoms with E-state index < -0.39 is 0 Å². The van der Waals surface area contributed by atoms with Crippen LogP contribution < -0.4 is 15.2 Å².